The second-order valence-electron chi connectivity index (χ2n) is 7.85. The molecule has 0 aliphatic carbocycles. The van der Waals surface area contributed by atoms with Crippen molar-refractivity contribution in [2.45, 2.75) is 26.4 Å². The quantitative estimate of drug-likeness (QED) is 0.685. The Bertz CT molecular complexity index is 1010. The van der Waals surface area contributed by atoms with Crippen LogP contribution < -0.4 is 14.5 Å². The third-order valence-electron chi connectivity index (χ3n) is 5.83. The molecule has 1 unspecified atom stereocenters. The summed E-state index contributed by atoms with van der Waals surface area (Å²) < 4.78 is 5.80. The van der Waals surface area contributed by atoms with Gasteiger partial charge in [0.1, 0.15) is 12.3 Å². The maximum absolute atomic E-state index is 13.1. The number of nitrogens with zero attached hydrogens (tertiary/aromatic N) is 3. The van der Waals surface area contributed by atoms with Crippen molar-refractivity contribution in [2.24, 2.45) is 0 Å². The molecule has 0 N–H and O–H groups in total. The van der Waals surface area contributed by atoms with Gasteiger partial charge in [-0.05, 0) is 49.2 Å². The standard InChI is InChI=1S/C23H25Cl2N3O3/c1-3-20-23(30)28(19-13-17(25)6-7-21(19)31-20)14-22(29)27-10-8-26(9-11-27)18-12-16(24)5-4-15(18)2/h4-7,12-13,20H,3,8-11,14H2,1-2H3. The summed E-state index contributed by atoms with van der Waals surface area (Å²) >= 11 is 12.3. The highest BCUT2D eigenvalue weighted by Gasteiger charge is 2.35. The Labute approximate surface area is 192 Å². The third kappa shape index (κ3) is 4.46. The molecule has 0 aromatic heterocycles. The first kappa shape index (κ1) is 21.8. The average Bonchev–Trinajstić information content (AvgIpc) is 2.77. The largest absolute Gasteiger partial charge is 0.478 e. The molecule has 8 heteroatoms. The molecule has 2 aliphatic heterocycles. The Morgan fingerprint density at radius 3 is 2.35 bits per heavy atom. The monoisotopic (exact) mass is 461 g/mol. The van der Waals surface area contributed by atoms with E-state index in [-0.39, 0.29) is 18.4 Å². The van der Waals surface area contributed by atoms with Crippen LogP contribution in [-0.2, 0) is 9.59 Å². The zero-order chi connectivity index (χ0) is 22.1. The molecular weight excluding hydrogens is 437 g/mol. The van der Waals surface area contributed by atoms with Gasteiger partial charge in [0.05, 0.1) is 5.69 Å². The fraction of sp³-hybridized carbons (Fsp3) is 0.391. The second-order valence-corrected chi connectivity index (χ2v) is 8.72. The number of rotatable bonds is 4. The van der Waals surface area contributed by atoms with Crippen LogP contribution in [0.4, 0.5) is 11.4 Å². The van der Waals surface area contributed by atoms with E-state index in [2.05, 4.69) is 11.8 Å². The Morgan fingerprint density at radius 1 is 1.03 bits per heavy atom. The van der Waals surface area contributed by atoms with Crippen molar-refractivity contribution in [3.8, 4) is 5.75 Å². The van der Waals surface area contributed by atoms with Gasteiger partial charge in [0, 0.05) is 41.9 Å². The summed E-state index contributed by atoms with van der Waals surface area (Å²) in [7, 11) is 0. The van der Waals surface area contributed by atoms with Crippen molar-refractivity contribution in [3.05, 3.63) is 52.0 Å². The number of piperazine rings is 1. The van der Waals surface area contributed by atoms with E-state index in [0.717, 1.165) is 11.3 Å². The fourth-order valence-electron chi connectivity index (χ4n) is 4.07. The molecule has 4 rings (SSSR count). The number of amides is 2. The van der Waals surface area contributed by atoms with E-state index in [4.69, 9.17) is 27.9 Å². The van der Waals surface area contributed by atoms with E-state index in [1.807, 2.05) is 30.0 Å². The summed E-state index contributed by atoms with van der Waals surface area (Å²) in [4.78, 5) is 31.6. The molecule has 0 spiro atoms. The lowest BCUT2D eigenvalue weighted by atomic mass is 10.1. The lowest BCUT2D eigenvalue weighted by Crippen LogP contribution is -2.54. The number of carbonyl (C=O) groups is 2. The van der Waals surface area contributed by atoms with Gasteiger partial charge in [0.15, 0.2) is 6.10 Å². The van der Waals surface area contributed by atoms with Gasteiger partial charge < -0.3 is 14.5 Å². The highest BCUT2D eigenvalue weighted by Crippen LogP contribution is 2.37. The Balaban J connectivity index is 1.46. The SMILES string of the molecule is CCC1Oc2ccc(Cl)cc2N(CC(=O)N2CCN(c3cc(Cl)ccc3C)CC2)C1=O. The molecule has 2 aromatic carbocycles. The number of aryl methyl sites for hydroxylation is 1. The van der Waals surface area contributed by atoms with Crippen LogP contribution in [0.3, 0.4) is 0 Å². The summed E-state index contributed by atoms with van der Waals surface area (Å²) in [6.45, 7) is 6.52. The molecule has 164 valence electrons. The summed E-state index contributed by atoms with van der Waals surface area (Å²) in [6.07, 6.45) is -0.0624. The molecule has 0 bridgehead atoms. The predicted octanol–water partition coefficient (Wildman–Crippen LogP) is 4.15. The Morgan fingerprint density at radius 2 is 1.68 bits per heavy atom. The normalized spacial score (nSPS) is 18.6. The molecule has 2 aromatic rings. The highest BCUT2D eigenvalue weighted by atomic mass is 35.5. The van der Waals surface area contributed by atoms with E-state index in [0.29, 0.717) is 54.1 Å². The third-order valence-corrected chi connectivity index (χ3v) is 6.30. The molecule has 1 saturated heterocycles. The van der Waals surface area contributed by atoms with Crippen LogP contribution in [0.1, 0.15) is 18.9 Å². The van der Waals surface area contributed by atoms with Crippen LogP contribution in [0.2, 0.25) is 10.0 Å². The zero-order valence-electron chi connectivity index (χ0n) is 17.6. The molecule has 31 heavy (non-hydrogen) atoms. The van der Waals surface area contributed by atoms with Crippen LogP contribution in [0.25, 0.3) is 0 Å². The molecule has 6 nitrogen and oxygen atoms in total. The minimum atomic E-state index is -0.593. The summed E-state index contributed by atoms with van der Waals surface area (Å²) in [5.74, 6) is 0.280. The van der Waals surface area contributed by atoms with Crippen molar-refractivity contribution < 1.29 is 14.3 Å². The van der Waals surface area contributed by atoms with Gasteiger partial charge in [-0.1, -0.05) is 36.2 Å². The molecule has 0 radical (unpaired) electrons. The van der Waals surface area contributed by atoms with E-state index in [9.17, 15) is 9.59 Å². The Kier molecular flexibility index (Phi) is 6.30. The van der Waals surface area contributed by atoms with Crippen molar-refractivity contribution in [2.75, 3.05) is 42.5 Å². The average molecular weight is 462 g/mol. The summed E-state index contributed by atoms with van der Waals surface area (Å²) in [6, 6.07) is 11.0. The number of ether oxygens (including phenoxy) is 1. The number of halogens is 2. The molecule has 0 saturated carbocycles. The molecule has 2 heterocycles. The van der Waals surface area contributed by atoms with E-state index in [1.165, 1.54) is 4.90 Å². The number of benzene rings is 2. The maximum Gasteiger partial charge on any atom is 0.268 e. The van der Waals surface area contributed by atoms with Crippen molar-refractivity contribution in [1.82, 2.24) is 4.90 Å². The lowest BCUT2D eigenvalue weighted by Gasteiger charge is -2.39. The highest BCUT2D eigenvalue weighted by molar-refractivity contribution is 6.31. The van der Waals surface area contributed by atoms with E-state index >= 15 is 0 Å². The maximum atomic E-state index is 13.1. The second kappa shape index (κ2) is 8.97. The summed E-state index contributed by atoms with van der Waals surface area (Å²) in [5.41, 5.74) is 2.79. The molecular formula is C23H25Cl2N3O3. The first-order valence-electron chi connectivity index (χ1n) is 10.4. The van der Waals surface area contributed by atoms with Gasteiger partial charge in [-0.25, -0.2) is 0 Å². The first-order chi connectivity index (χ1) is 14.9. The number of fused-ring (bicyclic) bond motifs is 1. The van der Waals surface area contributed by atoms with E-state index in [1.54, 1.807) is 18.2 Å². The minimum Gasteiger partial charge on any atom is -0.478 e. The number of anilines is 2. The smallest absolute Gasteiger partial charge is 0.268 e. The molecule has 1 fully saturated rings. The minimum absolute atomic E-state index is 0.0256. The van der Waals surface area contributed by atoms with E-state index < -0.39 is 6.10 Å². The van der Waals surface area contributed by atoms with Crippen molar-refractivity contribution >= 4 is 46.4 Å². The fourth-order valence-corrected chi connectivity index (χ4v) is 4.41. The molecule has 2 aliphatic rings. The van der Waals surface area contributed by atoms with Gasteiger partial charge in [-0.3, -0.25) is 14.5 Å². The van der Waals surface area contributed by atoms with Gasteiger partial charge >= 0.3 is 0 Å². The van der Waals surface area contributed by atoms with Crippen molar-refractivity contribution in [3.63, 3.8) is 0 Å². The van der Waals surface area contributed by atoms with Crippen LogP contribution >= 0.6 is 23.2 Å². The number of hydrogen-bond donors (Lipinski definition) is 0. The van der Waals surface area contributed by atoms with Gasteiger partial charge in [0.2, 0.25) is 5.91 Å². The Hall–Kier alpha value is -2.44. The van der Waals surface area contributed by atoms with Crippen LogP contribution in [0.5, 0.6) is 5.75 Å². The summed E-state index contributed by atoms with van der Waals surface area (Å²) in [5, 5.41) is 1.20. The predicted molar refractivity (Wildman–Crippen MR) is 123 cm³/mol. The topological polar surface area (TPSA) is 53.1 Å². The number of hydrogen-bond acceptors (Lipinski definition) is 4. The van der Waals surface area contributed by atoms with Gasteiger partial charge in [-0.15, -0.1) is 0 Å². The van der Waals surface area contributed by atoms with Crippen molar-refractivity contribution in [1.29, 1.82) is 0 Å². The van der Waals surface area contributed by atoms with Crippen LogP contribution in [-0.4, -0.2) is 55.5 Å². The van der Waals surface area contributed by atoms with Crippen LogP contribution in [0.15, 0.2) is 36.4 Å². The van der Waals surface area contributed by atoms with Crippen LogP contribution in [0, 0.1) is 6.92 Å². The van der Waals surface area contributed by atoms with Gasteiger partial charge in [0.25, 0.3) is 5.91 Å². The van der Waals surface area contributed by atoms with Gasteiger partial charge in [-0.2, -0.15) is 0 Å². The zero-order valence-corrected chi connectivity index (χ0v) is 19.1. The lowest BCUT2D eigenvalue weighted by molar-refractivity contribution is -0.133. The molecule has 2 amide bonds. The first-order valence-corrected chi connectivity index (χ1v) is 11.2. The number of carbonyl (C=O) groups excluding carboxylic acids is 2. The molecule has 1 atom stereocenters.